The van der Waals surface area contributed by atoms with Crippen LogP contribution < -0.4 is 0 Å². The SMILES string of the molecule is CCCCCC1(C(CCC(C)C)CCC(C)C)C=CC=N1. The number of allylic oxidation sites excluding steroid dienone is 1. The van der Waals surface area contributed by atoms with Crippen molar-refractivity contribution in [1.82, 2.24) is 0 Å². The second kappa shape index (κ2) is 9.43. The summed E-state index contributed by atoms with van der Waals surface area (Å²) in [5.74, 6) is 2.33. The first kappa shape index (κ1) is 18.5. The molecule has 21 heavy (non-hydrogen) atoms. The van der Waals surface area contributed by atoms with Crippen molar-refractivity contribution in [1.29, 1.82) is 0 Å². The minimum atomic E-state index is 0.124. The van der Waals surface area contributed by atoms with Crippen molar-refractivity contribution in [2.75, 3.05) is 0 Å². The van der Waals surface area contributed by atoms with Gasteiger partial charge in [0.15, 0.2) is 0 Å². The van der Waals surface area contributed by atoms with Crippen molar-refractivity contribution >= 4 is 6.21 Å². The van der Waals surface area contributed by atoms with Crippen molar-refractivity contribution in [3.05, 3.63) is 12.2 Å². The Kier molecular flexibility index (Phi) is 8.29. The molecule has 0 aliphatic carbocycles. The predicted octanol–water partition coefficient (Wildman–Crippen LogP) is 6.43. The van der Waals surface area contributed by atoms with E-state index in [1.54, 1.807) is 0 Å². The maximum Gasteiger partial charge on any atom is 0.0819 e. The third-order valence-corrected chi connectivity index (χ3v) is 4.86. The lowest BCUT2D eigenvalue weighted by Gasteiger charge is -2.35. The van der Waals surface area contributed by atoms with Crippen molar-refractivity contribution in [3.63, 3.8) is 0 Å². The number of hydrogen-bond donors (Lipinski definition) is 0. The van der Waals surface area contributed by atoms with Crippen LogP contribution in [0, 0.1) is 17.8 Å². The number of nitrogens with zero attached hydrogens (tertiary/aromatic N) is 1. The van der Waals surface area contributed by atoms with Gasteiger partial charge in [-0.25, -0.2) is 0 Å². The number of aliphatic imine (C=N–C) groups is 1. The van der Waals surface area contributed by atoms with E-state index in [-0.39, 0.29) is 5.54 Å². The van der Waals surface area contributed by atoms with Crippen LogP contribution in [0.25, 0.3) is 0 Å². The Bertz CT molecular complexity index is 301. The fourth-order valence-corrected chi connectivity index (χ4v) is 3.40. The summed E-state index contributed by atoms with van der Waals surface area (Å²) in [4.78, 5) is 4.96. The highest BCUT2D eigenvalue weighted by atomic mass is 14.9. The summed E-state index contributed by atoms with van der Waals surface area (Å²) in [5, 5.41) is 0. The van der Waals surface area contributed by atoms with Crippen LogP contribution in [0.5, 0.6) is 0 Å². The molecule has 0 aromatic heterocycles. The van der Waals surface area contributed by atoms with Crippen molar-refractivity contribution in [3.8, 4) is 0 Å². The average Bonchev–Trinajstić information content (AvgIpc) is 2.88. The second-order valence-corrected chi connectivity index (χ2v) is 7.72. The molecule has 0 saturated heterocycles. The summed E-state index contributed by atoms with van der Waals surface area (Å²) >= 11 is 0. The molecular formula is C20H37N. The molecule has 1 nitrogen and oxygen atoms in total. The van der Waals surface area contributed by atoms with Gasteiger partial charge in [0.05, 0.1) is 5.54 Å². The Morgan fingerprint density at radius 3 is 1.95 bits per heavy atom. The highest BCUT2D eigenvalue weighted by Crippen LogP contribution is 2.39. The fourth-order valence-electron chi connectivity index (χ4n) is 3.40. The molecular weight excluding hydrogens is 254 g/mol. The molecule has 1 atom stereocenters. The molecule has 0 N–H and O–H groups in total. The third-order valence-electron chi connectivity index (χ3n) is 4.86. The Hall–Kier alpha value is -0.590. The molecule has 0 saturated carbocycles. The number of hydrogen-bond acceptors (Lipinski definition) is 1. The first-order valence-electron chi connectivity index (χ1n) is 9.23. The Balaban J connectivity index is 2.73. The van der Waals surface area contributed by atoms with Crippen LogP contribution in [0.1, 0.15) is 86.0 Å². The van der Waals surface area contributed by atoms with E-state index in [0.29, 0.717) is 0 Å². The van der Waals surface area contributed by atoms with E-state index in [1.165, 1.54) is 51.4 Å². The lowest BCUT2D eigenvalue weighted by Crippen LogP contribution is -2.33. The topological polar surface area (TPSA) is 12.4 Å². The maximum absolute atomic E-state index is 4.96. The molecule has 1 unspecified atom stereocenters. The number of rotatable bonds is 11. The smallest absolute Gasteiger partial charge is 0.0819 e. The van der Waals surface area contributed by atoms with Gasteiger partial charge < -0.3 is 0 Å². The van der Waals surface area contributed by atoms with Gasteiger partial charge >= 0.3 is 0 Å². The van der Waals surface area contributed by atoms with Gasteiger partial charge in [-0.1, -0.05) is 72.8 Å². The van der Waals surface area contributed by atoms with E-state index in [2.05, 4.69) is 46.8 Å². The van der Waals surface area contributed by atoms with Crippen LogP contribution in [0.15, 0.2) is 17.1 Å². The van der Waals surface area contributed by atoms with Gasteiger partial charge in [0, 0.05) is 6.21 Å². The van der Waals surface area contributed by atoms with E-state index >= 15 is 0 Å². The molecule has 0 aromatic rings. The third kappa shape index (κ3) is 6.36. The Labute approximate surface area is 133 Å². The van der Waals surface area contributed by atoms with Crippen LogP contribution in [-0.2, 0) is 0 Å². The van der Waals surface area contributed by atoms with Crippen LogP contribution in [0.3, 0.4) is 0 Å². The zero-order chi connectivity index (χ0) is 15.7. The minimum Gasteiger partial charge on any atom is -0.282 e. The van der Waals surface area contributed by atoms with E-state index in [9.17, 15) is 0 Å². The minimum absolute atomic E-state index is 0.124. The molecule has 1 heteroatoms. The predicted molar refractivity (Wildman–Crippen MR) is 96.1 cm³/mol. The van der Waals surface area contributed by atoms with Gasteiger partial charge in [0.2, 0.25) is 0 Å². The quantitative estimate of drug-likeness (QED) is 0.389. The largest absolute Gasteiger partial charge is 0.282 e. The average molecular weight is 292 g/mol. The molecule has 0 spiro atoms. The summed E-state index contributed by atoms with van der Waals surface area (Å²) in [6.45, 7) is 11.7. The molecule has 0 amide bonds. The molecule has 1 aliphatic heterocycles. The Morgan fingerprint density at radius 2 is 1.52 bits per heavy atom. The van der Waals surface area contributed by atoms with Gasteiger partial charge in [0.25, 0.3) is 0 Å². The lowest BCUT2D eigenvalue weighted by atomic mass is 9.74. The van der Waals surface area contributed by atoms with E-state index < -0.39 is 0 Å². The molecule has 0 radical (unpaired) electrons. The molecule has 122 valence electrons. The van der Waals surface area contributed by atoms with Crippen LogP contribution in [0.4, 0.5) is 0 Å². The van der Waals surface area contributed by atoms with Gasteiger partial charge in [-0.05, 0) is 43.1 Å². The molecule has 1 heterocycles. The lowest BCUT2D eigenvalue weighted by molar-refractivity contribution is 0.249. The summed E-state index contributed by atoms with van der Waals surface area (Å²) in [7, 11) is 0. The summed E-state index contributed by atoms with van der Waals surface area (Å²) in [6, 6.07) is 0. The highest BCUT2D eigenvalue weighted by Gasteiger charge is 2.36. The van der Waals surface area contributed by atoms with Gasteiger partial charge in [0.1, 0.15) is 0 Å². The highest BCUT2D eigenvalue weighted by molar-refractivity contribution is 5.75. The zero-order valence-corrected chi connectivity index (χ0v) is 15.1. The Morgan fingerprint density at radius 1 is 0.905 bits per heavy atom. The second-order valence-electron chi connectivity index (χ2n) is 7.72. The molecule has 1 rings (SSSR count). The van der Waals surface area contributed by atoms with Crippen molar-refractivity contribution < 1.29 is 0 Å². The van der Waals surface area contributed by atoms with E-state index in [0.717, 1.165) is 17.8 Å². The van der Waals surface area contributed by atoms with Gasteiger partial charge in [-0.15, -0.1) is 0 Å². The standard InChI is InChI=1S/C20H37N/c1-6-7-8-14-20(15-9-16-21-20)19(12-10-17(2)3)13-11-18(4)5/h9,15-19H,6-8,10-14H2,1-5H3. The van der Waals surface area contributed by atoms with Crippen LogP contribution in [0.2, 0.25) is 0 Å². The van der Waals surface area contributed by atoms with Crippen molar-refractivity contribution in [2.45, 2.75) is 91.5 Å². The monoisotopic (exact) mass is 291 g/mol. The van der Waals surface area contributed by atoms with E-state index in [4.69, 9.17) is 4.99 Å². The summed E-state index contributed by atoms with van der Waals surface area (Å²) in [6.07, 6.45) is 17.2. The maximum atomic E-state index is 4.96. The number of unbranched alkanes of at least 4 members (excludes halogenated alkanes) is 2. The first-order chi connectivity index (χ1) is 10.00. The van der Waals surface area contributed by atoms with Crippen LogP contribution >= 0.6 is 0 Å². The normalized spacial score (nSPS) is 21.3. The van der Waals surface area contributed by atoms with Gasteiger partial charge in [-0.2, -0.15) is 0 Å². The first-order valence-corrected chi connectivity index (χ1v) is 9.23. The van der Waals surface area contributed by atoms with E-state index in [1.807, 2.05) is 6.21 Å². The van der Waals surface area contributed by atoms with Crippen molar-refractivity contribution in [2.24, 2.45) is 22.7 Å². The fraction of sp³-hybridized carbons (Fsp3) is 0.850. The molecule has 0 aromatic carbocycles. The zero-order valence-electron chi connectivity index (χ0n) is 15.1. The summed E-state index contributed by atoms with van der Waals surface area (Å²) < 4.78 is 0. The van der Waals surface area contributed by atoms with Gasteiger partial charge in [-0.3, -0.25) is 4.99 Å². The molecule has 0 bridgehead atoms. The summed E-state index contributed by atoms with van der Waals surface area (Å²) in [5.41, 5.74) is 0.124. The van der Waals surface area contributed by atoms with Crippen LogP contribution in [-0.4, -0.2) is 11.8 Å². The molecule has 0 fully saturated rings. The molecule has 1 aliphatic rings.